The third-order valence-corrected chi connectivity index (χ3v) is 11.5. The molecule has 0 radical (unpaired) electrons. The van der Waals surface area contributed by atoms with E-state index < -0.39 is 69.0 Å². The normalized spacial score (nSPS) is 16.2. The van der Waals surface area contributed by atoms with Crippen molar-refractivity contribution >= 4 is 43.2 Å². The lowest BCUT2D eigenvalue weighted by molar-refractivity contribution is -0.252. The molecule has 2 saturated heterocycles. The number of rotatable bonds is 15. The van der Waals surface area contributed by atoms with Crippen LogP contribution in [0.5, 0.6) is 17.2 Å². The zero-order chi connectivity index (χ0) is 38.2. The van der Waals surface area contributed by atoms with Crippen molar-refractivity contribution in [2.45, 2.75) is 22.3 Å². The van der Waals surface area contributed by atoms with Gasteiger partial charge in [0.05, 0.1) is 41.9 Å². The van der Waals surface area contributed by atoms with E-state index in [4.69, 9.17) is 18.9 Å². The molecule has 0 bridgehead atoms. The summed E-state index contributed by atoms with van der Waals surface area (Å²) >= 11 is 0. The summed E-state index contributed by atoms with van der Waals surface area (Å²) in [6, 6.07) is 13.4. The van der Waals surface area contributed by atoms with Crippen LogP contribution in [0.3, 0.4) is 0 Å². The lowest BCUT2D eigenvalue weighted by Crippen LogP contribution is -2.40. The van der Waals surface area contributed by atoms with Crippen molar-refractivity contribution in [1.82, 2.24) is 8.61 Å². The van der Waals surface area contributed by atoms with E-state index in [1.54, 1.807) is 0 Å². The highest BCUT2D eigenvalue weighted by molar-refractivity contribution is 7.89. The summed E-state index contributed by atoms with van der Waals surface area (Å²) in [6.07, 6.45) is -9.15. The van der Waals surface area contributed by atoms with Crippen LogP contribution in [0.25, 0.3) is 0 Å². The molecule has 0 aliphatic carbocycles. The van der Waals surface area contributed by atoms with E-state index in [0.29, 0.717) is 0 Å². The molecule has 288 valence electrons. The van der Waals surface area contributed by atoms with E-state index in [-0.39, 0.29) is 79.6 Å². The molecular weight excluding hydrogens is 756 g/mol. The van der Waals surface area contributed by atoms with Crippen LogP contribution in [0, 0.1) is 0 Å². The molecule has 0 unspecified atom stereocenters. The van der Waals surface area contributed by atoms with Gasteiger partial charge in [-0.05, 0) is 66.7 Å². The summed E-state index contributed by atoms with van der Waals surface area (Å²) in [7, 11) is -7.54. The number of hydrogen-bond acceptors (Lipinski definition) is 11. The summed E-state index contributed by atoms with van der Waals surface area (Å²) in [5.74, 6) is -2.34. The fourth-order valence-electron chi connectivity index (χ4n) is 4.95. The number of carbonyl (C=O) groups excluding carboxylic acids is 2. The van der Waals surface area contributed by atoms with Gasteiger partial charge in [0.15, 0.2) is 13.2 Å². The van der Waals surface area contributed by atoms with Gasteiger partial charge in [-0.25, -0.2) is 16.8 Å². The second-order valence-corrected chi connectivity index (χ2v) is 15.2. The van der Waals surface area contributed by atoms with Crippen molar-refractivity contribution in [2.75, 3.05) is 76.5 Å². The Morgan fingerprint density at radius 2 is 1.13 bits per heavy atom. The highest BCUT2D eigenvalue weighted by Gasteiger charge is 2.44. The average molecular weight is 791 g/mol. The molecule has 3 aromatic carbocycles. The third-order valence-electron chi connectivity index (χ3n) is 7.64. The number of ether oxygens (including phenoxy) is 5. The van der Waals surface area contributed by atoms with E-state index in [9.17, 15) is 44.0 Å². The largest absolute Gasteiger partial charge is 0.484 e. The summed E-state index contributed by atoms with van der Waals surface area (Å²) in [6.45, 7) is 0.561. The van der Waals surface area contributed by atoms with Gasteiger partial charge >= 0.3 is 12.5 Å². The SMILES string of the molecule is O=C(COc1ccc(S(=O)(=O)N2CCOCC2)cc1)Nc1ccc(OC(F)(F)C(F)F)c(NC(=O)COc2ccc(S(=O)(=O)N3CCOCC3)cc2)c1. The Hall–Kier alpha value is -4.54. The number of morpholine rings is 2. The molecule has 0 aromatic heterocycles. The third kappa shape index (κ3) is 10.3. The minimum atomic E-state index is -4.94. The fraction of sp³-hybridized carbons (Fsp3) is 0.375. The molecule has 5 rings (SSSR count). The second kappa shape index (κ2) is 17.1. The van der Waals surface area contributed by atoms with Gasteiger partial charge in [-0.2, -0.15) is 26.2 Å². The van der Waals surface area contributed by atoms with Crippen LogP contribution in [0.4, 0.5) is 28.9 Å². The van der Waals surface area contributed by atoms with Gasteiger partial charge < -0.3 is 34.3 Å². The zero-order valence-electron chi connectivity index (χ0n) is 27.7. The Labute approximate surface area is 301 Å². The summed E-state index contributed by atoms with van der Waals surface area (Å²) in [5, 5.41) is 4.61. The Kier molecular flexibility index (Phi) is 12.8. The van der Waals surface area contributed by atoms with Gasteiger partial charge in [0.2, 0.25) is 20.0 Å². The van der Waals surface area contributed by atoms with Gasteiger partial charge in [-0.15, -0.1) is 0 Å². The molecule has 15 nitrogen and oxygen atoms in total. The predicted molar refractivity (Wildman–Crippen MR) is 178 cm³/mol. The number of sulfonamides is 2. The summed E-state index contributed by atoms with van der Waals surface area (Å²) < 4.78 is 133. The van der Waals surface area contributed by atoms with Gasteiger partial charge in [-0.3, -0.25) is 9.59 Å². The minimum absolute atomic E-state index is 0.0174. The smallest absolute Gasteiger partial charge is 0.461 e. The molecule has 2 amide bonds. The minimum Gasteiger partial charge on any atom is -0.484 e. The van der Waals surface area contributed by atoms with Gasteiger partial charge in [0, 0.05) is 31.9 Å². The van der Waals surface area contributed by atoms with Crippen molar-refractivity contribution in [3.63, 3.8) is 0 Å². The maximum Gasteiger partial charge on any atom is 0.461 e. The number of benzene rings is 3. The summed E-state index contributed by atoms with van der Waals surface area (Å²) in [5.41, 5.74) is -0.604. The first-order valence-electron chi connectivity index (χ1n) is 15.9. The van der Waals surface area contributed by atoms with E-state index in [1.807, 2.05) is 0 Å². The number of nitrogens with zero attached hydrogens (tertiary/aromatic N) is 2. The molecule has 2 N–H and O–H groups in total. The first kappa shape index (κ1) is 39.7. The highest BCUT2D eigenvalue weighted by atomic mass is 32.2. The van der Waals surface area contributed by atoms with E-state index >= 15 is 0 Å². The molecule has 2 heterocycles. The monoisotopic (exact) mass is 790 g/mol. The fourth-order valence-corrected chi connectivity index (χ4v) is 7.77. The number of halogens is 4. The predicted octanol–water partition coefficient (Wildman–Crippen LogP) is 3.00. The molecule has 2 aliphatic heterocycles. The van der Waals surface area contributed by atoms with Crippen LogP contribution >= 0.6 is 0 Å². The quantitative estimate of drug-likeness (QED) is 0.216. The molecule has 53 heavy (non-hydrogen) atoms. The first-order chi connectivity index (χ1) is 25.1. The van der Waals surface area contributed by atoms with Gasteiger partial charge in [0.1, 0.15) is 17.2 Å². The molecule has 0 atom stereocenters. The lowest BCUT2D eigenvalue weighted by atomic mass is 10.2. The molecule has 2 aliphatic rings. The van der Waals surface area contributed by atoms with Crippen molar-refractivity contribution in [2.24, 2.45) is 0 Å². The van der Waals surface area contributed by atoms with Crippen LogP contribution < -0.4 is 24.8 Å². The molecular formula is C32H34F4N4O11S2. The zero-order valence-corrected chi connectivity index (χ0v) is 29.3. The van der Waals surface area contributed by atoms with Crippen molar-refractivity contribution < 1.29 is 67.7 Å². The van der Waals surface area contributed by atoms with E-state index in [0.717, 1.165) is 18.2 Å². The van der Waals surface area contributed by atoms with Crippen LogP contribution in [0.2, 0.25) is 0 Å². The van der Waals surface area contributed by atoms with E-state index in [2.05, 4.69) is 15.4 Å². The van der Waals surface area contributed by atoms with Gasteiger partial charge in [-0.1, -0.05) is 0 Å². The van der Waals surface area contributed by atoms with E-state index in [1.165, 1.54) is 57.1 Å². The van der Waals surface area contributed by atoms with Crippen molar-refractivity contribution in [3.05, 3.63) is 66.7 Å². The average Bonchev–Trinajstić information content (AvgIpc) is 3.15. The van der Waals surface area contributed by atoms with Crippen LogP contribution in [-0.4, -0.2) is 116 Å². The Morgan fingerprint density at radius 1 is 0.698 bits per heavy atom. The number of amides is 2. The maximum absolute atomic E-state index is 13.8. The summed E-state index contributed by atoms with van der Waals surface area (Å²) in [4.78, 5) is 25.4. The second-order valence-electron chi connectivity index (χ2n) is 11.3. The Balaban J connectivity index is 1.20. The lowest BCUT2D eigenvalue weighted by Gasteiger charge is -2.26. The van der Waals surface area contributed by atoms with Crippen molar-refractivity contribution in [3.8, 4) is 17.2 Å². The molecule has 2 fully saturated rings. The van der Waals surface area contributed by atoms with Crippen LogP contribution in [0.15, 0.2) is 76.5 Å². The number of anilines is 2. The van der Waals surface area contributed by atoms with Gasteiger partial charge in [0.25, 0.3) is 11.8 Å². The Morgan fingerprint density at radius 3 is 1.57 bits per heavy atom. The number of carbonyl (C=O) groups is 2. The van der Waals surface area contributed by atoms with Crippen LogP contribution in [-0.2, 0) is 39.1 Å². The molecule has 3 aromatic rings. The van der Waals surface area contributed by atoms with Crippen molar-refractivity contribution in [1.29, 1.82) is 0 Å². The number of alkyl halides is 4. The Bertz CT molecular complexity index is 1960. The molecule has 0 spiro atoms. The topological polar surface area (TPSA) is 179 Å². The molecule has 0 saturated carbocycles. The first-order valence-corrected chi connectivity index (χ1v) is 18.7. The van der Waals surface area contributed by atoms with Crippen LogP contribution in [0.1, 0.15) is 0 Å². The number of hydrogen-bond donors (Lipinski definition) is 2. The standard InChI is InChI=1S/C32H34F4N4O11S2/c33-31(34)32(35,36)51-28-10-1-22(37-29(41)20-49-23-2-6-25(7-3-23)52(43,44)39-11-15-47-16-12-39)19-27(28)38-30(42)21-50-24-4-8-26(9-5-24)53(45,46)40-13-17-48-18-14-40/h1-10,19,31H,11-18,20-21H2,(H,37,41)(H,38,42). The number of nitrogens with one attached hydrogen (secondary N) is 2. The highest BCUT2D eigenvalue weighted by Crippen LogP contribution is 2.35. The maximum atomic E-state index is 13.8. The molecule has 21 heteroatoms.